The Morgan fingerprint density at radius 3 is 2.32 bits per heavy atom. The quantitative estimate of drug-likeness (QED) is 0.802. The van der Waals surface area contributed by atoms with E-state index in [9.17, 15) is 12.8 Å². The summed E-state index contributed by atoms with van der Waals surface area (Å²) in [6.07, 6.45) is 2.21. The highest BCUT2D eigenvalue weighted by atomic mass is 32.2. The van der Waals surface area contributed by atoms with E-state index in [1.54, 1.807) is 26.0 Å². The Morgan fingerprint density at radius 2 is 1.77 bits per heavy atom. The van der Waals surface area contributed by atoms with E-state index >= 15 is 0 Å². The maximum absolute atomic E-state index is 13.1. The standard InChI is InChI=1S/C15H24FN3O2S/c1-12(2)18-22(20,21)17-11-15(19-9-3-4-10-19)13-5-7-14(16)8-6-13/h5-8,12,15,17-18H,3-4,9-11H2,1-2H3. The normalized spacial score (nSPS) is 18.0. The summed E-state index contributed by atoms with van der Waals surface area (Å²) in [6, 6.07) is 6.05. The average molecular weight is 329 g/mol. The summed E-state index contributed by atoms with van der Waals surface area (Å²) in [5.41, 5.74) is 0.926. The topological polar surface area (TPSA) is 61.4 Å². The van der Waals surface area contributed by atoms with Crippen molar-refractivity contribution >= 4 is 10.2 Å². The Labute approximate surface area is 132 Å². The lowest BCUT2D eigenvalue weighted by Gasteiger charge is -2.28. The molecular weight excluding hydrogens is 305 g/mol. The van der Waals surface area contributed by atoms with Crippen molar-refractivity contribution < 1.29 is 12.8 Å². The van der Waals surface area contributed by atoms with Crippen molar-refractivity contribution in [2.24, 2.45) is 0 Å². The Balaban J connectivity index is 2.10. The van der Waals surface area contributed by atoms with Gasteiger partial charge in [-0.3, -0.25) is 4.90 Å². The van der Waals surface area contributed by atoms with Crippen LogP contribution < -0.4 is 9.44 Å². The van der Waals surface area contributed by atoms with Gasteiger partial charge in [0.05, 0.1) is 0 Å². The highest BCUT2D eigenvalue weighted by molar-refractivity contribution is 7.87. The Bertz CT molecular complexity index is 569. The fraction of sp³-hybridized carbons (Fsp3) is 0.600. The van der Waals surface area contributed by atoms with Gasteiger partial charge in [-0.1, -0.05) is 12.1 Å². The lowest BCUT2D eigenvalue weighted by molar-refractivity contribution is 0.246. The van der Waals surface area contributed by atoms with Gasteiger partial charge in [0, 0.05) is 18.6 Å². The maximum Gasteiger partial charge on any atom is 0.277 e. The molecule has 1 aromatic carbocycles. The molecule has 0 aliphatic carbocycles. The number of rotatable bonds is 7. The van der Waals surface area contributed by atoms with Gasteiger partial charge in [0.2, 0.25) is 0 Å². The van der Waals surface area contributed by atoms with Crippen molar-refractivity contribution in [3.63, 3.8) is 0 Å². The number of hydrogen-bond donors (Lipinski definition) is 2. The molecule has 0 spiro atoms. The maximum atomic E-state index is 13.1. The molecule has 0 aromatic heterocycles. The molecule has 1 atom stereocenters. The first-order valence-electron chi connectivity index (χ1n) is 7.64. The van der Waals surface area contributed by atoms with Crippen LogP contribution in [0.3, 0.4) is 0 Å². The van der Waals surface area contributed by atoms with E-state index in [2.05, 4.69) is 14.3 Å². The number of nitrogens with one attached hydrogen (secondary N) is 2. The van der Waals surface area contributed by atoms with Gasteiger partial charge >= 0.3 is 0 Å². The largest absolute Gasteiger partial charge is 0.295 e. The van der Waals surface area contributed by atoms with Crippen LogP contribution in [-0.4, -0.2) is 39.0 Å². The summed E-state index contributed by atoms with van der Waals surface area (Å²) in [4.78, 5) is 2.24. The molecule has 7 heteroatoms. The Kier molecular flexibility index (Phi) is 5.91. The smallest absolute Gasteiger partial charge is 0.277 e. The predicted molar refractivity (Wildman–Crippen MR) is 85.1 cm³/mol. The van der Waals surface area contributed by atoms with Crippen molar-refractivity contribution in [3.05, 3.63) is 35.6 Å². The van der Waals surface area contributed by atoms with E-state index < -0.39 is 10.2 Å². The molecule has 0 amide bonds. The summed E-state index contributed by atoms with van der Waals surface area (Å²) in [5, 5.41) is 0. The molecule has 1 heterocycles. The van der Waals surface area contributed by atoms with Crippen LogP contribution in [0.15, 0.2) is 24.3 Å². The summed E-state index contributed by atoms with van der Waals surface area (Å²) in [5.74, 6) is -0.286. The summed E-state index contributed by atoms with van der Waals surface area (Å²) >= 11 is 0. The van der Waals surface area contributed by atoms with Gasteiger partial charge < -0.3 is 0 Å². The monoisotopic (exact) mass is 329 g/mol. The first kappa shape index (κ1) is 17.3. The Hall–Kier alpha value is -1.02. The lowest BCUT2D eigenvalue weighted by atomic mass is 10.1. The number of nitrogens with zero attached hydrogens (tertiary/aromatic N) is 1. The molecule has 0 bridgehead atoms. The molecule has 2 rings (SSSR count). The second-order valence-corrected chi connectivity index (χ2v) is 7.47. The van der Waals surface area contributed by atoms with Crippen molar-refractivity contribution in [2.75, 3.05) is 19.6 Å². The third-order valence-electron chi connectivity index (χ3n) is 3.69. The molecule has 1 aliphatic rings. The number of hydrogen-bond acceptors (Lipinski definition) is 3. The zero-order valence-corrected chi connectivity index (χ0v) is 13.9. The zero-order chi connectivity index (χ0) is 16.2. The van der Waals surface area contributed by atoms with Crippen LogP contribution in [0.25, 0.3) is 0 Å². The van der Waals surface area contributed by atoms with E-state index in [0.29, 0.717) is 0 Å². The first-order valence-corrected chi connectivity index (χ1v) is 9.12. The number of halogens is 1. The van der Waals surface area contributed by atoms with Crippen LogP contribution in [0.5, 0.6) is 0 Å². The molecule has 5 nitrogen and oxygen atoms in total. The van der Waals surface area contributed by atoms with Gasteiger partial charge in [0.25, 0.3) is 10.2 Å². The molecule has 1 unspecified atom stereocenters. The fourth-order valence-electron chi connectivity index (χ4n) is 2.74. The van der Waals surface area contributed by atoms with Gasteiger partial charge in [-0.15, -0.1) is 0 Å². The third-order valence-corrected chi connectivity index (χ3v) is 5.02. The van der Waals surface area contributed by atoms with Gasteiger partial charge in [0.1, 0.15) is 5.82 Å². The van der Waals surface area contributed by atoms with Crippen LogP contribution in [0.4, 0.5) is 4.39 Å². The minimum atomic E-state index is -3.52. The second kappa shape index (κ2) is 7.50. The SMILES string of the molecule is CC(C)NS(=O)(=O)NCC(c1ccc(F)cc1)N1CCCC1. The summed E-state index contributed by atoms with van der Waals surface area (Å²) in [7, 11) is -3.52. The molecule has 1 fully saturated rings. The highest BCUT2D eigenvalue weighted by Crippen LogP contribution is 2.24. The summed E-state index contributed by atoms with van der Waals surface area (Å²) in [6.45, 7) is 5.69. The van der Waals surface area contributed by atoms with Crippen molar-refractivity contribution in [2.45, 2.75) is 38.8 Å². The minimum Gasteiger partial charge on any atom is -0.295 e. The van der Waals surface area contributed by atoms with Crippen molar-refractivity contribution in [3.8, 4) is 0 Å². The van der Waals surface area contributed by atoms with Gasteiger partial charge in [0.15, 0.2) is 0 Å². The Morgan fingerprint density at radius 1 is 1.18 bits per heavy atom. The lowest BCUT2D eigenvalue weighted by Crippen LogP contribution is -2.44. The zero-order valence-electron chi connectivity index (χ0n) is 13.0. The van der Waals surface area contributed by atoms with Crippen LogP contribution in [0.2, 0.25) is 0 Å². The van der Waals surface area contributed by atoms with Gasteiger partial charge in [-0.25, -0.2) is 9.11 Å². The van der Waals surface area contributed by atoms with E-state index in [1.165, 1.54) is 12.1 Å². The molecule has 0 saturated carbocycles. The van der Waals surface area contributed by atoms with Crippen molar-refractivity contribution in [1.82, 2.24) is 14.3 Å². The van der Waals surface area contributed by atoms with Gasteiger partial charge in [-0.05, 0) is 57.5 Å². The molecule has 124 valence electrons. The van der Waals surface area contributed by atoms with Crippen LogP contribution in [0, 0.1) is 5.82 Å². The molecule has 0 radical (unpaired) electrons. The first-order chi connectivity index (χ1) is 10.4. The van der Waals surface area contributed by atoms with E-state index in [1.807, 2.05) is 0 Å². The van der Waals surface area contributed by atoms with Crippen molar-refractivity contribution in [1.29, 1.82) is 0 Å². The number of benzene rings is 1. The average Bonchev–Trinajstić information content (AvgIpc) is 2.93. The van der Waals surface area contributed by atoms with E-state index in [0.717, 1.165) is 31.5 Å². The molecule has 1 saturated heterocycles. The molecule has 1 aromatic rings. The molecular formula is C15H24FN3O2S. The highest BCUT2D eigenvalue weighted by Gasteiger charge is 2.25. The summed E-state index contributed by atoms with van der Waals surface area (Å²) < 4.78 is 42.1. The fourth-order valence-corrected chi connectivity index (χ4v) is 3.82. The molecule has 1 aliphatic heterocycles. The van der Waals surface area contributed by atoms with E-state index in [-0.39, 0.29) is 24.4 Å². The van der Waals surface area contributed by atoms with Gasteiger partial charge in [-0.2, -0.15) is 13.1 Å². The minimum absolute atomic E-state index is 0.0770. The molecule has 22 heavy (non-hydrogen) atoms. The number of likely N-dealkylation sites (tertiary alicyclic amines) is 1. The van der Waals surface area contributed by atoms with Crippen LogP contribution in [-0.2, 0) is 10.2 Å². The second-order valence-electron chi connectivity index (χ2n) is 5.93. The van der Waals surface area contributed by atoms with Crippen LogP contribution >= 0.6 is 0 Å². The van der Waals surface area contributed by atoms with Crippen LogP contribution in [0.1, 0.15) is 38.3 Å². The third kappa shape index (κ3) is 5.01. The molecule has 2 N–H and O–H groups in total. The predicted octanol–water partition coefficient (Wildman–Crippen LogP) is 1.79. The van der Waals surface area contributed by atoms with E-state index in [4.69, 9.17) is 0 Å².